The van der Waals surface area contributed by atoms with E-state index in [9.17, 15) is 8.42 Å². The summed E-state index contributed by atoms with van der Waals surface area (Å²) in [6, 6.07) is 4.78. The lowest BCUT2D eigenvalue weighted by Gasteiger charge is -2.22. The largest absolute Gasteiger partial charge is 0.288 e. The van der Waals surface area contributed by atoms with Crippen molar-refractivity contribution < 1.29 is 8.42 Å². The maximum absolute atomic E-state index is 13.0. The Kier molecular flexibility index (Phi) is 4.01. The average molecular weight is 381 g/mol. The lowest BCUT2D eigenvalue weighted by Crippen LogP contribution is -2.34. The lowest BCUT2D eigenvalue weighted by molar-refractivity contribution is 0.399. The van der Waals surface area contributed by atoms with Gasteiger partial charge < -0.3 is 0 Å². The van der Waals surface area contributed by atoms with Crippen LogP contribution in [0.1, 0.15) is 37.5 Å². The molecular weight excluding hydrogens is 364 g/mol. The summed E-state index contributed by atoms with van der Waals surface area (Å²) in [4.78, 5) is 8.58. The van der Waals surface area contributed by atoms with Crippen molar-refractivity contribution in [2.24, 2.45) is 0 Å². The molecule has 10 heteroatoms. The maximum Gasteiger partial charge on any atom is 0.260 e. The second-order valence-corrected chi connectivity index (χ2v) is 7.90. The van der Waals surface area contributed by atoms with Crippen LogP contribution in [0.4, 0.5) is 0 Å². The molecule has 4 heterocycles. The summed E-state index contributed by atoms with van der Waals surface area (Å²) in [6.07, 6.45) is 3.82. The highest BCUT2D eigenvalue weighted by Crippen LogP contribution is 2.28. The first kappa shape index (κ1) is 16.5. The standard InChI is InChI=1S/C15H17ClN6O2S/c1-2-11-17-14-10(6-5-9-22(14)19-11)20-25(23,24)15-13(16)18-12-7-3-4-8-21(12)15/h3-4,7-8,10,20H,2,5-6,9H2,1H3/t10-/m0/s1. The van der Waals surface area contributed by atoms with Gasteiger partial charge >= 0.3 is 0 Å². The Labute approximate surface area is 149 Å². The molecule has 1 N–H and O–H groups in total. The van der Waals surface area contributed by atoms with E-state index in [1.54, 1.807) is 29.1 Å². The first-order valence-electron chi connectivity index (χ1n) is 8.08. The van der Waals surface area contributed by atoms with Gasteiger partial charge in [-0.15, -0.1) is 0 Å². The van der Waals surface area contributed by atoms with Gasteiger partial charge in [0.1, 0.15) is 11.5 Å². The van der Waals surface area contributed by atoms with Crippen molar-refractivity contribution in [3.05, 3.63) is 41.2 Å². The van der Waals surface area contributed by atoms with E-state index in [0.717, 1.165) is 13.0 Å². The van der Waals surface area contributed by atoms with Crippen LogP contribution in [0.25, 0.3) is 5.65 Å². The van der Waals surface area contributed by atoms with Crippen molar-refractivity contribution in [3.63, 3.8) is 0 Å². The number of aryl methyl sites for hydroxylation is 2. The minimum absolute atomic E-state index is 0.0507. The number of aromatic nitrogens is 5. The predicted octanol–water partition coefficient (Wildman–Crippen LogP) is 1.96. The molecule has 0 aromatic carbocycles. The van der Waals surface area contributed by atoms with Crippen molar-refractivity contribution in [1.82, 2.24) is 28.9 Å². The summed E-state index contributed by atoms with van der Waals surface area (Å²) in [5.74, 6) is 1.37. The van der Waals surface area contributed by atoms with Crippen molar-refractivity contribution in [3.8, 4) is 0 Å². The molecule has 0 bridgehead atoms. The van der Waals surface area contributed by atoms with Crippen LogP contribution in [-0.4, -0.2) is 32.6 Å². The molecule has 1 atom stereocenters. The topological polar surface area (TPSA) is 94.2 Å². The van der Waals surface area contributed by atoms with E-state index in [4.69, 9.17) is 11.6 Å². The number of sulfonamides is 1. The molecule has 1 aliphatic rings. The van der Waals surface area contributed by atoms with Gasteiger partial charge in [0.25, 0.3) is 10.0 Å². The molecule has 0 unspecified atom stereocenters. The summed E-state index contributed by atoms with van der Waals surface area (Å²) in [5.41, 5.74) is 0.480. The quantitative estimate of drug-likeness (QED) is 0.746. The fourth-order valence-electron chi connectivity index (χ4n) is 3.09. The van der Waals surface area contributed by atoms with Gasteiger partial charge in [-0.1, -0.05) is 24.6 Å². The molecule has 0 saturated heterocycles. The first-order valence-corrected chi connectivity index (χ1v) is 9.94. The van der Waals surface area contributed by atoms with Crippen molar-refractivity contribution in [2.45, 2.75) is 43.8 Å². The monoisotopic (exact) mass is 380 g/mol. The SMILES string of the molecule is CCc1nc2n(n1)CCC[C@@H]2NS(=O)(=O)c1c(Cl)nc2ccccn12. The Morgan fingerprint density at radius 3 is 3.00 bits per heavy atom. The van der Waals surface area contributed by atoms with Gasteiger partial charge in [-0.25, -0.2) is 23.1 Å². The number of nitrogens with one attached hydrogen (secondary N) is 1. The molecular formula is C15H17ClN6O2S. The van der Waals surface area contributed by atoms with E-state index in [1.807, 2.05) is 6.92 Å². The first-order chi connectivity index (χ1) is 12.0. The van der Waals surface area contributed by atoms with Gasteiger partial charge in [-0.3, -0.25) is 4.40 Å². The number of nitrogens with zero attached hydrogens (tertiary/aromatic N) is 5. The zero-order valence-electron chi connectivity index (χ0n) is 13.6. The van der Waals surface area contributed by atoms with E-state index in [1.165, 1.54) is 4.40 Å². The van der Waals surface area contributed by atoms with E-state index in [0.29, 0.717) is 30.1 Å². The molecule has 3 aromatic heterocycles. The molecule has 0 radical (unpaired) electrons. The fraction of sp³-hybridized carbons (Fsp3) is 0.400. The summed E-state index contributed by atoms with van der Waals surface area (Å²) >= 11 is 6.11. The molecule has 0 saturated carbocycles. The minimum atomic E-state index is -3.88. The average Bonchev–Trinajstić information content (AvgIpc) is 3.15. The highest BCUT2D eigenvalue weighted by Gasteiger charge is 2.32. The van der Waals surface area contributed by atoms with Crippen LogP contribution < -0.4 is 4.72 Å². The Morgan fingerprint density at radius 2 is 2.20 bits per heavy atom. The van der Waals surface area contributed by atoms with Gasteiger partial charge in [-0.2, -0.15) is 9.82 Å². The number of imidazole rings is 1. The van der Waals surface area contributed by atoms with Gasteiger partial charge in [0.15, 0.2) is 16.0 Å². The Bertz CT molecular complexity index is 1040. The summed E-state index contributed by atoms with van der Waals surface area (Å²) in [6.45, 7) is 2.72. The molecule has 4 rings (SSSR count). The summed E-state index contributed by atoms with van der Waals surface area (Å²) < 4.78 is 31.9. The third-order valence-electron chi connectivity index (χ3n) is 4.23. The fourth-order valence-corrected chi connectivity index (χ4v) is 4.96. The Balaban J connectivity index is 1.73. The van der Waals surface area contributed by atoms with Crippen LogP contribution in [0.2, 0.25) is 5.15 Å². The van der Waals surface area contributed by atoms with Gasteiger partial charge in [-0.05, 0) is 25.0 Å². The van der Waals surface area contributed by atoms with E-state index < -0.39 is 16.1 Å². The van der Waals surface area contributed by atoms with Crippen LogP contribution in [0.5, 0.6) is 0 Å². The predicted molar refractivity (Wildman–Crippen MR) is 91.9 cm³/mol. The third kappa shape index (κ3) is 2.82. The van der Waals surface area contributed by atoms with Crippen LogP contribution in [0, 0.1) is 0 Å². The van der Waals surface area contributed by atoms with Crippen LogP contribution >= 0.6 is 11.6 Å². The molecule has 132 valence electrons. The molecule has 3 aromatic rings. The Morgan fingerprint density at radius 1 is 1.36 bits per heavy atom. The van der Waals surface area contributed by atoms with Crippen LogP contribution in [0.15, 0.2) is 29.4 Å². The third-order valence-corrected chi connectivity index (χ3v) is 6.10. The van der Waals surface area contributed by atoms with Crippen molar-refractivity contribution >= 4 is 27.3 Å². The molecule has 0 amide bonds. The van der Waals surface area contributed by atoms with Gasteiger partial charge in [0.2, 0.25) is 0 Å². The smallest absolute Gasteiger partial charge is 0.260 e. The van der Waals surface area contributed by atoms with Gasteiger partial charge in [0.05, 0.1) is 6.04 Å². The summed E-state index contributed by atoms with van der Waals surface area (Å²) in [5, 5.41) is 4.30. The number of rotatable bonds is 4. The van der Waals surface area contributed by atoms with Crippen molar-refractivity contribution in [2.75, 3.05) is 0 Å². The normalized spacial score (nSPS) is 17.8. The van der Waals surface area contributed by atoms with Crippen LogP contribution in [0.3, 0.4) is 0 Å². The number of hydrogen-bond acceptors (Lipinski definition) is 5. The lowest BCUT2D eigenvalue weighted by atomic mass is 10.1. The number of fused-ring (bicyclic) bond motifs is 2. The molecule has 0 fully saturated rings. The molecule has 8 nitrogen and oxygen atoms in total. The zero-order valence-corrected chi connectivity index (χ0v) is 15.1. The second kappa shape index (κ2) is 6.08. The van der Waals surface area contributed by atoms with E-state index >= 15 is 0 Å². The Hall–Kier alpha value is -1.97. The molecule has 0 aliphatic carbocycles. The van der Waals surface area contributed by atoms with Crippen molar-refractivity contribution in [1.29, 1.82) is 0 Å². The van der Waals surface area contributed by atoms with Crippen LogP contribution in [-0.2, 0) is 23.0 Å². The highest BCUT2D eigenvalue weighted by molar-refractivity contribution is 7.89. The number of hydrogen-bond donors (Lipinski definition) is 1. The highest BCUT2D eigenvalue weighted by atomic mass is 35.5. The van der Waals surface area contributed by atoms with E-state index in [-0.39, 0.29) is 10.2 Å². The second-order valence-electron chi connectivity index (χ2n) is 5.92. The molecule has 1 aliphatic heterocycles. The van der Waals surface area contributed by atoms with Gasteiger partial charge in [0, 0.05) is 19.2 Å². The molecule has 25 heavy (non-hydrogen) atoms. The maximum atomic E-state index is 13.0. The zero-order chi connectivity index (χ0) is 17.6. The summed E-state index contributed by atoms with van der Waals surface area (Å²) in [7, 11) is -3.88. The van der Waals surface area contributed by atoms with E-state index in [2.05, 4.69) is 19.8 Å². The number of pyridine rings is 1. The minimum Gasteiger partial charge on any atom is -0.288 e. The number of halogens is 1. The molecule has 0 spiro atoms.